The van der Waals surface area contributed by atoms with E-state index >= 15 is 0 Å². The SMILES string of the molecule is C/C=C/CN(CC[C@H](C)N)c1cnc(C)s1. The van der Waals surface area contributed by atoms with Crippen molar-refractivity contribution in [2.75, 3.05) is 18.0 Å². The molecule has 0 aliphatic carbocycles. The number of aromatic nitrogens is 1. The lowest BCUT2D eigenvalue weighted by molar-refractivity contribution is 0.652. The standard InChI is InChI=1S/C12H21N3S/c1-4-5-7-15(8-6-10(2)13)12-9-14-11(3)16-12/h4-5,9-10H,6-8,13H2,1-3H3/b5-4+/t10-/m0/s1. The van der Waals surface area contributed by atoms with E-state index in [2.05, 4.69) is 22.0 Å². The molecule has 0 aliphatic rings. The first-order valence-electron chi connectivity index (χ1n) is 5.67. The van der Waals surface area contributed by atoms with E-state index in [0.717, 1.165) is 24.5 Å². The van der Waals surface area contributed by atoms with Crippen LogP contribution >= 0.6 is 11.3 Å². The summed E-state index contributed by atoms with van der Waals surface area (Å²) >= 11 is 1.74. The van der Waals surface area contributed by atoms with E-state index < -0.39 is 0 Å². The average molecular weight is 239 g/mol. The van der Waals surface area contributed by atoms with E-state index in [1.807, 2.05) is 27.0 Å². The van der Waals surface area contributed by atoms with Gasteiger partial charge in [0.05, 0.1) is 11.2 Å². The van der Waals surface area contributed by atoms with Crippen molar-refractivity contribution in [3.63, 3.8) is 0 Å². The van der Waals surface area contributed by atoms with Gasteiger partial charge in [-0.15, -0.1) is 11.3 Å². The van der Waals surface area contributed by atoms with Crippen LogP contribution in [0.25, 0.3) is 0 Å². The molecule has 0 fully saturated rings. The first kappa shape index (κ1) is 13.2. The van der Waals surface area contributed by atoms with E-state index in [4.69, 9.17) is 5.73 Å². The number of allylic oxidation sites excluding steroid dienone is 1. The third-order valence-electron chi connectivity index (χ3n) is 2.34. The van der Waals surface area contributed by atoms with Crippen LogP contribution in [0.5, 0.6) is 0 Å². The molecular formula is C12H21N3S. The number of thiazole rings is 1. The molecule has 1 rings (SSSR count). The number of nitrogens with two attached hydrogens (primary N) is 1. The Kier molecular flexibility index (Phi) is 5.49. The summed E-state index contributed by atoms with van der Waals surface area (Å²) in [6.45, 7) is 8.05. The molecule has 0 saturated carbocycles. The molecule has 0 radical (unpaired) electrons. The summed E-state index contributed by atoms with van der Waals surface area (Å²) in [6.07, 6.45) is 7.20. The summed E-state index contributed by atoms with van der Waals surface area (Å²) < 4.78 is 0. The van der Waals surface area contributed by atoms with E-state index in [-0.39, 0.29) is 6.04 Å². The lowest BCUT2D eigenvalue weighted by Crippen LogP contribution is -2.28. The van der Waals surface area contributed by atoms with E-state index in [9.17, 15) is 0 Å². The molecule has 2 N–H and O–H groups in total. The Morgan fingerprint density at radius 3 is 2.88 bits per heavy atom. The van der Waals surface area contributed by atoms with Gasteiger partial charge in [0, 0.05) is 19.1 Å². The van der Waals surface area contributed by atoms with Crippen LogP contribution in [0.3, 0.4) is 0 Å². The molecule has 0 spiro atoms. The third kappa shape index (κ3) is 4.33. The van der Waals surface area contributed by atoms with Crippen LogP contribution in [0.4, 0.5) is 5.00 Å². The predicted molar refractivity (Wildman–Crippen MR) is 72.1 cm³/mol. The maximum Gasteiger partial charge on any atom is 0.112 e. The first-order valence-corrected chi connectivity index (χ1v) is 6.49. The minimum absolute atomic E-state index is 0.252. The van der Waals surface area contributed by atoms with Gasteiger partial charge in [0.1, 0.15) is 5.00 Å². The second-order valence-corrected chi connectivity index (χ2v) is 5.21. The Bertz CT molecular complexity index is 331. The van der Waals surface area contributed by atoms with Crippen LogP contribution < -0.4 is 10.6 Å². The Labute approximate surface area is 102 Å². The molecule has 3 nitrogen and oxygen atoms in total. The van der Waals surface area contributed by atoms with Gasteiger partial charge in [-0.3, -0.25) is 0 Å². The normalized spacial score (nSPS) is 13.2. The Morgan fingerprint density at radius 1 is 1.62 bits per heavy atom. The Morgan fingerprint density at radius 2 is 2.38 bits per heavy atom. The zero-order valence-electron chi connectivity index (χ0n) is 10.3. The minimum atomic E-state index is 0.252. The van der Waals surface area contributed by atoms with Gasteiger partial charge in [-0.05, 0) is 27.2 Å². The van der Waals surface area contributed by atoms with Gasteiger partial charge in [-0.1, -0.05) is 12.2 Å². The van der Waals surface area contributed by atoms with Crippen molar-refractivity contribution in [2.45, 2.75) is 33.2 Å². The summed E-state index contributed by atoms with van der Waals surface area (Å²) in [5.41, 5.74) is 5.80. The number of hydrogen-bond acceptors (Lipinski definition) is 4. The van der Waals surface area contributed by atoms with Crippen LogP contribution in [-0.4, -0.2) is 24.1 Å². The first-order chi connectivity index (χ1) is 7.63. The van der Waals surface area contributed by atoms with Crippen LogP contribution in [0.1, 0.15) is 25.3 Å². The van der Waals surface area contributed by atoms with Gasteiger partial charge in [-0.25, -0.2) is 4.98 Å². The number of nitrogens with zero attached hydrogens (tertiary/aromatic N) is 2. The Balaban J connectivity index is 2.63. The lowest BCUT2D eigenvalue weighted by Gasteiger charge is -2.21. The maximum atomic E-state index is 5.80. The van der Waals surface area contributed by atoms with Gasteiger partial charge < -0.3 is 10.6 Å². The third-order valence-corrected chi connectivity index (χ3v) is 3.31. The zero-order chi connectivity index (χ0) is 12.0. The molecule has 0 aliphatic heterocycles. The quantitative estimate of drug-likeness (QED) is 0.776. The summed E-state index contributed by atoms with van der Waals surface area (Å²) in [5, 5.41) is 2.34. The highest BCUT2D eigenvalue weighted by molar-refractivity contribution is 7.15. The number of hydrogen-bond donors (Lipinski definition) is 1. The van der Waals surface area contributed by atoms with Gasteiger partial charge in [0.2, 0.25) is 0 Å². The van der Waals surface area contributed by atoms with Crippen LogP contribution in [0.2, 0.25) is 0 Å². The molecule has 0 aromatic carbocycles. The van der Waals surface area contributed by atoms with Gasteiger partial charge >= 0.3 is 0 Å². The minimum Gasteiger partial charge on any atom is -0.358 e. The second kappa shape index (κ2) is 6.66. The van der Waals surface area contributed by atoms with E-state index in [1.54, 1.807) is 11.3 Å². The number of rotatable bonds is 6. The largest absolute Gasteiger partial charge is 0.358 e. The van der Waals surface area contributed by atoms with Gasteiger partial charge in [0.25, 0.3) is 0 Å². The van der Waals surface area contributed by atoms with Crippen molar-refractivity contribution in [3.05, 3.63) is 23.4 Å². The van der Waals surface area contributed by atoms with Crippen molar-refractivity contribution in [2.24, 2.45) is 5.73 Å². The van der Waals surface area contributed by atoms with E-state index in [0.29, 0.717) is 0 Å². The van der Waals surface area contributed by atoms with Crippen molar-refractivity contribution in [3.8, 4) is 0 Å². The van der Waals surface area contributed by atoms with Crippen molar-refractivity contribution in [1.29, 1.82) is 0 Å². The average Bonchev–Trinajstić information content (AvgIpc) is 2.64. The molecule has 1 atom stereocenters. The Hall–Kier alpha value is -0.870. The van der Waals surface area contributed by atoms with Crippen LogP contribution in [0.15, 0.2) is 18.3 Å². The zero-order valence-corrected chi connectivity index (χ0v) is 11.1. The van der Waals surface area contributed by atoms with Crippen molar-refractivity contribution in [1.82, 2.24) is 4.98 Å². The van der Waals surface area contributed by atoms with Gasteiger partial charge in [0.15, 0.2) is 0 Å². The maximum absolute atomic E-state index is 5.80. The molecule has 4 heteroatoms. The molecular weight excluding hydrogens is 218 g/mol. The molecule has 0 unspecified atom stereocenters. The fraction of sp³-hybridized carbons (Fsp3) is 0.583. The lowest BCUT2D eigenvalue weighted by atomic mass is 10.2. The second-order valence-electron chi connectivity index (χ2n) is 4.00. The fourth-order valence-electron chi connectivity index (χ4n) is 1.38. The number of aryl methyl sites for hydroxylation is 1. The highest BCUT2D eigenvalue weighted by Gasteiger charge is 2.08. The summed E-state index contributed by atoms with van der Waals surface area (Å²) in [5.74, 6) is 0. The molecule has 16 heavy (non-hydrogen) atoms. The van der Waals surface area contributed by atoms with E-state index in [1.165, 1.54) is 5.00 Å². The number of anilines is 1. The topological polar surface area (TPSA) is 42.1 Å². The molecule has 0 bridgehead atoms. The molecule has 0 saturated heterocycles. The van der Waals surface area contributed by atoms with Crippen molar-refractivity contribution < 1.29 is 0 Å². The molecule has 1 aromatic heterocycles. The van der Waals surface area contributed by atoms with Gasteiger partial charge in [-0.2, -0.15) is 0 Å². The van der Waals surface area contributed by atoms with Crippen LogP contribution in [0, 0.1) is 6.92 Å². The van der Waals surface area contributed by atoms with Crippen LogP contribution in [-0.2, 0) is 0 Å². The molecule has 1 heterocycles. The molecule has 1 aromatic rings. The summed E-state index contributed by atoms with van der Waals surface area (Å²) in [7, 11) is 0. The summed E-state index contributed by atoms with van der Waals surface area (Å²) in [6, 6.07) is 0.252. The predicted octanol–water partition coefficient (Wildman–Crippen LogP) is 2.57. The molecule has 0 amide bonds. The highest BCUT2D eigenvalue weighted by Crippen LogP contribution is 2.23. The highest BCUT2D eigenvalue weighted by atomic mass is 32.1. The van der Waals surface area contributed by atoms with Crippen molar-refractivity contribution >= 4 is 16.3 Å². The smallest absolute Gasteiger partial charge is 0.112 e. The fourth-order valence-corrected chi connectivity index (χ4v) is 2.19. The summed E-state index contributed by atoms with van der Waals surface area (Å²) in [4.78, 5) is 6.62. The molecule has 90 valence electrons. The monoisotopic (exact) mass is 239 g/mol.